The van der Waals surface area contributed by atoms with Crippen molar-refractivity contribution >= 4 is 23.5 Å². The molecule has 86 valence electrons. The van der Waals surface area contributed by atoms with Crippen LogP contribution in [-0.2, 0) is 14.3 Å². The van der Waals surface area contributed by atoms with Gasteiger partial charge in [0, 0.05) is 5.88 Å². The first kappa shape index (κ1) is 12.3. The Balaban J connectivity index is 2.84. The number of carbonyl (C=O) groups is 1. The van der Waals surface area contributed by atoms with Crippen LogP contribution in [0.5, 0.6) is 0 Å². The average Bonchev–Trinajstić information content (AvgIpc) is 2.60. The molecule has 2 atom stereocenters. The lowest BCUT2D eigenvalue weighted by atomic mass is 9.96. The lowest BCUT2D eigenvalue weighted by Crippen LogP contribution is -2.30. The molecule has 1 heterocycles. The van der Waals surface area contributed by atoms with Crippen LogP contribution in [0, 0.1) is 5.41 Å². The minimum atomic E-state index is -0.563. The Bertz CT molecular complexity index is 288. The SMILES string of the molecule is COC(=O)[C@H]1N=C(C(C)(C)CCl)O[C@H]1C. The number of hydrogen-bond donors (Lipinski definition) is 0. The van der Waals surface area contributed by atoms with Crippen molar-refractivity contribution in [2.45, 2.75) is 32.9 Å². The third-order valence-electron chi connectivity index (χ3n) is 2.35. The van der Waals surface area contributed by atoms with Crippen LogP contribution in [-0.4, -0.2) is 37.0 Å². The standard InChI is InChI=1S/C10H16ClNO3/c1-6-7(8(13)14-4)12-9(15-6)10(2,3)5-11/h6-7H,5H2,1-4H3/t6-,7-/m0/s1. The highest BCUT2D eigenvalue weighted by atomic mass is 35.5. The molecule has 1 aliphatic heterocycles. The third-order valence-corrected chi connectivity index (χ3v) is 3.02. The number of nitrogens with zero attached hydrogens (tertiary/aromatic N) is 1. The predicted molar refractivity (Wildman–Crippen MR) is 58.3 cm³/mol. The molecule has 0 aromatic rings. The average molecular weight is 234 g/mol. The maximum Gasteiger partial charge on any atom is 0.334 e. The fourth-order valence-corrected chi connectivity index (χ4v) is 1.37. The molecule has 0 saturated heterocycles. The zero-order valence-corrected chi connectivity index (χ0v) is 10.2. The van der Waals surface area contributed by atoms with Gasteiger partial charge >= 0.3 is 5.97 Å². The van der Waals surface area contributed by atoms with Gasteiger partial charge in [0.05, 0.1) is 12.5 Å². The molecule has 5 heteroatoms. The summed E-state index contributed by atoms with van der Waals surface area (Å²) in [6.07, 6.45) is -0.282. The highest BCUT2D eigenvalue weighted by molar-refractivity contribution is 6.20. The summed E-state index contributed by atoms with van der Waals surface area (Å²) in [6, 6.07) is -0.563. The minimum absolute atomic E-state index is 0.282. The highest BCUT2D eigenvalue weighted by Crippen LogP contribution is 2.27. The molecule has 1 aliphatic rings. The van der Waals surface area contributed by atoms with Crippen LogP contribution in [0.25, 0.3) is 0 Å². The maximum absolute atomic E-state index is 11.3. The molecule has 0 spiro atoms. The number of rotatable bonds is 3. The molecule has 0 unspecified atom stereocenters. The Labute approximate surface area is 94.6 Å². The Hall–Kier alpha value is -0.770. The zero-order valence-electron chi connectivity index (χ0n) is 9.41. The number of ether oxygens (including phenoxy) is 2. The van der Waals surface area contributed by atoms with E-state index in [9.17, 15) is 4.79 Å². The Morgan fingerprint density at radius 3 is 2.73 bits per heavy atom. The third kappa shape index (κ3) is 2.43. The Morgan fingerprint density at radius 1 is 1.67 bits per heavy atom. The van der Waals surface area contributed by atoms with Gasteiger partial charge in [0.25, 0.3) is 0 Å². The van der Waals surface area contributed by atoms with Gasteiger partial charge in [-0.3, -0.25) is 0 Å². The van der Waals surface area contributed by atoms with Crippen molar-refractivity contribution in [3.8, 4) is 0 Å². The first-order valence-electron chi connectivity index (χ1n) is 4.81. The molecule has 0 fully saturated rings. The van der Waals surface area contributed by atoms with E-state index in [1.165, 1.54) is 7.11 Å². The van der Waals surface area contributed by atoms with E-state index < -0.39 is 6.04 Å². The number of hydrogen-bond acceptors (Lipinski definition) is 4. The first-order chi connectivity index (χ1) is 6.92. The summed E-state index contributed by atoms with van der Waals surface area (Å²) in [7, 11) is 1.34. The zero-order chi connectivity index (χ0) is 11.6. The van der Waals surface area contributed by atoms with Crippen LogP contribution < -0.4 is 0 Å². The molecule has 0 bridgehead atoms. The molecule has 0 N–H and O–H groups in total. The molecule has 15 heavy (non-hydrogen) atoms. The lowest BCUT2D eigenvalue weighted by Gasteiger charge is -2.21. The van der Waals surface area contributed by atoms with Gasteiger partial charge in [-0.05, 0) is 20.8 Å². The van der Waals surface area contributed by atoms with E-state index in [1.54, 1.807) is 6.92 Å². The molecule has 0 aromatic heterocycles. The molecule has 4 nitrogen and oxygen atoms in total. The van der Waals surface area contributed by atoms with Crippen molar-refractivity contribution in [3.05, 3.63) is 0 Å². The Morgan fingerprint density at radius 2 is 2.27 bits per heavy atom. The Kier molecular flexibility index (Phi) is 3.60. The van der Waals surface area contributed by atoms with Crippen LogP contribution in [0.1, 0.15) is 20.8 Å². The van der Waals surface area contributed by atoms with Crippen molar-refractivity contribution in [2.24, 2.45) is 10.4 Å². The predicted octanol–water partition coefficient (Wildman–Crippen LogP) is 1.61. The van der Waals surface area contributed by atoms with Gasteiger partial charge < -0.3 is 9.47 Å². The number of methoxy groups -OCH3 is 1. The van der Waals surface area contributed by atoms with Gasteiger partial charge in [-0.25, -0.2) is 9.79 Å². The van der Waals surface area contributed by atoms with Gasteiger partial charge in [-0.1, -0.05) is 0 Å². The smallest absolute Gasteiger partial charge is 0.334 e. The molecule has 0 aliphatic carbocycles. The summed E-state index contributed by atoms with van der Waals surface area (Å²) in [5.74, 6) is 0.551. The lowest BCUT2D eigenvalue weighted by molar-refractivity contribution is -0.143. The fourth-order valence-electron chi connectivity index (χ4n) is 1.26. The quantitative estimate of drug-likeness (QED) is 0.550. The number of halogens is 1. The van der Waals surface area contributed by atoms with E-state index >= 15 is 0 Å². The minimum Gasteiger partial charge on any atom is -0.475 e. The summed E-state index contributed by atoms with van der Waals surface area (Å²) >= 11 is 5.81. The van der Waals surface area contributed by atoms with Crippen LogP contribution in [0.4, 0.5) is 0 Å². The van der Waals surface area contributed by atoms with E-state index in [2.05, 4.69) is 9.73 Å². The van der Waals surface area contributed by atoms with Crippen molar-refractivity contribution in [2.75, 3.05) is 13.0 Å². The summed E-state index contributed by atoms with van der Waals surface area (Å²) in [6.45, 7) is 5.64. The van der Waals surface area contributed by atoms with E-state index in [-0.39, 0.29) is 17.5 Å². The molecule has 0 aromatic carbocycles. The second kappa shape index (κ2) is 4.39. The van der Waals surface area contributed by atoms with Gasteiger partial charge in [0.2, 0.25) is 0 Å². The summed E-state index contributed by atoms with van der Waals surface area (Å²) in [4.78, 5) is 15.6. The van der Waals surface area contributed by atoms with Gasteiger partial charge in [0.1, 0.15) is 6.10 Å². The first-order valence-corrected chi connectivity index (χ1v) is 5.34. The molecule has 0 saturated carbocycles. The summed E-state index contributed by atoms with van der Waals surface area (Å²) < 4.78 is 10.2. The van der Waals surface area contributed by atoms with Crippen LogP contribution in [0.2, 0.25) is 0 Å². The number of carbonyl (C=O) groups excluding carboxylic acids is 1. The van der Waals surface area contributed by atoms with Gasteiger partial charge in [-0.15, -0.1) is 11.6 Å². The second-order valence-electron chi connectivity index (χ2n) is 4.24. The van der Waals surface area contributed by atoms with Crippen LogP contribution in [0.15, 0.2) is 4.99 Å². The van der Waals surface area contributed by atoms with E-state index in [1.807, 2.05) is 13.8 Å². The molecular formula is C10H16ClNO3. The van der Waals surface area contributed by atoms with Crippen molar-refractivity contribution in [1.82, 2.24) is 0 Å². The second-order valence-corrected chi connectivity index (χ2v) is 4.51. The van der Waals surface area contributed by atoms with Crippen LogP contribution in [0.3, 0.4) is 0 Å². The number of alkyl halides is 1. The van der Waals surface area contributed by atoms with Gasteiger partial charge in [0.15, 0.2) is 11.9 Å². The fraction of sp³-hybridized carbons (Fsp3) is 0.800. The van der Waals surface area contributed by atoms with Crippen molar-refractivity contribution in [1.29, 1.82) is 0 Å². The number of esters is 1. The van der Waals surface area contributed by atoms with Crippen LogP contribution >= 0.6 is 11.6 Å². The summed E-state index contributed by atoms with van der Waals surface area (Å²) in [5, 5.41) is 0. The maximum atomic E-state index is 11.3. The molecule has 0 radical (unpaired) electrons. The molecule has 0 amide bonds. The molecular weight excluding hydrogens is 218 g/mol. The van der Waals surface area contributed by atoms with Crippen molar-refractivity contribution in [3.63, 3.8) is 0 Å². The van der Waals surface area contributed by atoms with E-state index in [0.29, 0.717) is 11.8 Å². The van der Waals surface area contributed by atoms with Crippen molar-refractivity contribution < 1.29 is 14.3 Å². The largest absolute Gasteiger partial charge is 0.475 e. The summed E-state index contributed by atoms with van der Waals surface area (Å²) in [5.41, 5.74) is -0.349. The number of aliphatic imine (C=N–C) groups is 1. The topological polar surface area (TPSA) is 47.9 Å². The monoisotopic (exact) mass is 233 g/mol. The van der Waals surface area contributed by atoms with E-state index in [0.717, 1.165) is 0 Å². The highest BCUT2D eigenvalue weighted by Gasteiger charge is 2.39. The normalized spacial score (nSPS) is 25.8. The van der Waals surface area contributed by atoms with Gasteiger partial charge in [-0.2, -0.15) is 0 Å². The van der Waals surface area contributed by atoms with E-state index in [4.69, 9.17) is 16.3 Å². The molecule has 1 rings (SSSR count).